The van der Waals surface area contributed by atoms with Crippen molar-refractivity contribution >= 4 is 23.6 Å². The van der Waals surface area contributed by atoms with Gasteiger partial charge in [-0.25, -0.2) is 4.79 Å². The molecule has 2 unspecified atom stereocenters. The van der Waals surface area contributed by atoms with Gasteiger partial charge in [-0.05, 0) is 51.9 Å². The van der Waals surface area contributed by atoms with Crippen LogP contribution in [-0.2, 0) is 34.3 Å². The van der Waals surface area contributed by atoms with Gasteiger partial charge >= 0.3 is 5.97 Å². The first-order chi connectivity index (χ1) is 22.3. The molecule has 0 saturated heterocycles. The van der Waals surface area contributed by atoms with Crippen LogP contribution >= 0.6 is 0 Å². The zero-order chi connectivity index (χ0) is 33.5. The highest BCUT2D eigenvalue weighted by molar-refractivity contribution is 6.08. The van der Waals surface area contributed by atoms with Crippen LogP contribution in [0.25, 0.3) is 0 Å². The lowest BCUT2D eigenvalue weighted by Gasteiger charge is -2.24. The molecule has 1 aromatic rings. The van der Waals surface area contributed by atoms with Crippen LogP contribution in [-0.4, -0.2) is 43.3 Å². The molecule has 2 atom stereocenters. The monoisotopic (exact) mass is 628 g/mol. The molecule has 1 aliphatic heterocycles. The van der Waals surface area contributed by atoms with Gasteiger partial charge in [-0.1, -0.05) is 110 Å². The lowest BCUT2D eigenvalue weighted by molar-refractivity contribution is -0.145. The molecule has 0 aromatic heterocycles. The smallest absolute Gasteiger partial charge is 0.330 e. The van der Waals surface area contributed by atoms with Crippen LogP contribution in [0.2, 0.25) is 0 Å². The average molecular weight is 629 g/mol. The number of nitrogens with one attached hydrogen (secondary N) is 2. The lowest BCUT2D eigenvalue weighted by atomic mass is 9.92. The maximum Gasteiger partial charge on any atom is 0.330 e. The minimum atomic E-state index is -1.34. The van der Waals surface area contributed by atoms with Gasteiger partial charge < -0.3 is 20.1 Å². The number of ether oxygens (including phenoxy) is 2. The second-order valence-corrected chi connectivity index (χ2v) is 10.7. The highest BCUT2D eigenvalue weighted by Gasteiger charge is 2.44. The maximum absolute atomic E-state index is 12.8. The molecule has 8 heteroatoms. The van der Waals surface area contributed by atoms with E-state index in [-0.39, 0.29) is 30.4 Å². The molecule has 0 spiro atoms. The molecule has 1 aliphatic rings. The Morgan fingerprint density at radius 1 is 0.826 bits per heavy atom. The van der Waals surface area contributed by atoms with E-state index in [1.54, 1.807) is 31.2 Å². The van der Waals surface area contributed by atoms with Crippen molar-refractivity contribution in [3.05, 3.63) is 121 Å². The topological polar surface area (TPSA) is 111 Å². The van der Waals surface area contributed by atoms with Crippen LogP contribution in [0.4, 0.5) is 0 Å². The minimum Gasteiger partial charge on any atom is -0.469 e. The van der Waals surface area contributed by atoms with E-state index in [2.05, 4.69) is 78.3 Å². The summed E-state index contributed by atoms with van der Waals surface area (Å²) in [6, 6.07) is 7.67. The fraction of sp³-hybridized carbons (Fsp3) is 0.368. The summed E-state index contributed by atoms with van der Waals surface area (Å²) in [5.74, 6) is -2.36. The van der Waals surface area contributed by atoms with Crippen molar-refractivity contribution < 1.29 is 28.7 Å². The quantitative estimate of drug-likeness (QED) is 0.124. The van der Waals surface area contributed by atoms with Gasteiger partial charge in [0.1, 0.15) is 6.04 Å². The van der Waals surface area contributed by atoms with Gasteiger partial charge in [-0.2, -0.15) is 0 Å². The third-order valence-electron chi connectivity index (χ3n) is 7.02. The molecule has 1 aromatic carbocycles. The number of hydrogen-bond donors (Lipinski definition) is 2. The van der Waals surface area contributed by atoms with Crippen LogP contribution in [0, 0.1) is 0 Å². The van der Waals surface area contributed by atoms with Gasteiger partial charge in [0.25, 0.3) is 5.91 Å². The predicted octanol–water partition coefficient (Wildman–Crippen LogP) is 6.64. The van der Waals surface area contributed by atoms with Crippen LogP contribution in [0.15, 0.2) is 115 Å². The van der Waals surface area contributed by atoms with Crippen molar-refractivity contribution in [2.45, 2.75) is 76.9 Å². The number of allylic oxidation sites excluding steroid dienone is 12. The summed E-state index contributed by atoms with van der Waals surface area (Å²) in [5, 5.41) is 5.15. The van der Waals surface area contributed by atoms with Gasteiger partial charge in [0.2, 0.25) is 11.7 Å². The Bertz CT molecular complexity index is 1340. The maximum atomic E-state index is 12.8. The summed E-state index contributed by atoms with van der Waals surface area (Å²) in [6.45, 7) is 3.55. The van der Waals surface area contributed by atoms with E-state index in [1.165, 1.54) is 7.11 Å². The Morgan fingerprint density at radius 3 is 1.87 bits per heavy atom. The first kappa shape index (κ1) is 37.5. The number of esters is 1. The largest absolute Gasteiger partial charge is 0.469 e. The van der Waals surface area contributed by atoms with E-state index in [4.69, 9.17) is 9.47 Å². The van der Waals surface area contributed by atoms with E-state index in [1.807, 2.05) is 18.2 Å². The number of benzene rings is 1. The van der Waals surface area contributed by atoms with Gasteiger partial charge in [-0.15, -0.1) is 0 Å². The van der Waals surface area contributed by atoms with Gasteiger partial charge in [-0.3, -0.25) is 14.4 Å². The second-order valence-electron chi connectivity index (χ2n) is 10.7. The normalized spacial score (nSPS) is 17.5. The molecule has 8 nitrogen and oxygen atoms in total. The van der Waals surface area contributed by atoms with Crippen molar-refractivity contribution in [2.75, 3.05) is 13.7 Å². The fourth-order valence-corrected chi connectivity index (χ4v) is 4.35. The third-order valence-corrected chi connectivity index (χ3v) is 7.02. The fourth-order valence-electron chi connectivity index (χ4n) is 4.35. The summed E-state index contributed by atoms with van der Waals surface area (Å²) < 4.78 is 10.5. The summed E-state index contributed by atoms with van der Waals surface area (Å²) in [7, 11) is 1.19. The Morgan fingerprint density at radius 2 is 1.35 bits per heavy atom. The summed E-state index contributed by atoms with van der Waals surface area (Å²) >= 11 is 0. The van der Waals surface area contributed by atoms with Crippen LogP contribution < -0.4 is 10.6 Å². The summed E-state index contributed by atoms with van der Waals surface area (Å²) in [6.07, 6.45) is 33.0. The third kappa shape index (κ3) is 13.9. The number of carbonyl (C=O) groups is 4. The number of ketones is 1. The standard InChI is InChI=1S/C38H48N2O6/c1-4-5-6-7-8-9-10-11-12-13-14-15-16-17-18-19-20-21-25-28-35(42)39-30-32(37(44)45-3)40-36(43)33-29-34(41)38(2,46-33)31-26-23-22-24-27-31/h5-6,8-9,11-12,14-15,17-18,20-24,26-27,29,32H,4,7,10,13,16,19,25,28,30H2,1-3H3,(H,39,42)(H,40,43). The molecular formula is C38H48N2O6. The van der Waals surface area contributed by atoms with Gasteiger partial charge in [0, 0.05) is 24.6 Å². The van der Waals surface area contributed by atoms with E-state index >= 15 is 0 Å². The molecule has 1 heterocycles. The Balaban J connectivity index is 1.64. The number of hydrogen-bond acceptors (Lipinski definition) is 6. The van der Waals surface area contributed by atoms with Crippen LogP contribution in [0.5, 0.6) is 0 Å². The van der Waals surface area contributed by atoms with Crippen molar-refractivity contribution in [1.82, 2.24) is 10.6 Å². The zero-order valence-electron chi connectivity index (χ0n) is 27.3. The molecule has 46 heavy (non-hydrogen) atoms. The summed E-state index contributed by atoms with van der Waals surface area (Å²) in [5.41, 5.74) is -0.743. The molecule has 2 N–H and O–H groups in total. The average Bonchev–Trinajstić information content (AvgIpc) is 3.38. The van der Waals surface area contributed by atoms with Crippen molar-refractivity contribution in [1.29, 1.82) is 0 Å². The van der Waals surface area contributed by atoms with E-state index < -0.39 is 23.5 Å². The molecule has 2 rings (SSSR count). The second kappa shape index (κ2) is 21.9. The van der Waals surface area contributed by atoms with Crippen LogP contribution in [0.1, 0.15) is 70.8 Å². The van der Waals surface area contributed by atoms with Gasteiger partial charge in [0.15, 0.2) is 11.4 Å². The molecule has 2 amide bonds. The van der Waals surface area contributed by atoms with E-state index in [0.717, 1.165) is 44.6 Å². The highest BCUT2D eigenvalue weighted by Crippen LogP contribution is 2.34. The molecule has 0 saturated carbocycles. The zero-order valence-corrected chi connectivity index (χ0v) is 27.3. The highest BCUT2D eigenvalue weighted by atomic mass is 16.5. The summed E-state index contributed by atoms with van der Waals surface area (Å²) in [4.78, 5) is 50.1. The Kier molecular flexibility index (Phi) is 17.8. The minimum absolute atomic E-state index is 0.168. The Hall–Kier alpha value is -4.72. The van der Waals surface area contributed by atoms with Crippen molar-refractivity contribution in [3.8, 4) is 0 Å². The molecule has 0 fully saturated rings. The first-order valence-electron chi connectivity index (χ1n) is 15.9. The SMILES string of the molecule is CCC=CCC=CCC=CCC=CCC=CCC=CCCC(=O)NCC(NC(=O)C1=CC(=O)C(C)(c2ccccc2)O1)C(=O)OC. The molecule has 0 radical (unpaired) electrons. The van der Waals surface area contributed by atoms with Crippen LogP contribution in [0.3, 0.4) is 0 Å². The van der Waals surface area contributed by atoms with Crippen molar-refractivity contribution in [3.63, 3.8) is 0 Å². The van der Waals surface area contributed by atoms with E-state index in [0.29, 0.717) is 12.0 Å². The first-order valence-corrected chi connectivity index (χ1v) is 15.9. The molecular weight excluding hydrogens is 580 g/mol. The molecule has 0 bridgehead atoms. The predicted molar refractivity (Wildman–Crippen MR) is 182 cm³/mol. The van der Waals surface area contributed by atoms with Crippen molar-refractivity contribution in [2.24, 2.45) is 0 Å². The Labute approximate surface area is 273 Å². The number of carbonyl (C=O) groups excluding carboxylic acids is 4. The lowest BCUT2D eigenvalue weighted by Crippen LogP contribution is -2.49. The molecule has 0 aliphatic carbocycles. The van der Waals surface area contributed by atoms with E-state index in [9.17, 15) is 19.2 Å². The number of amides is 2. The molecule has 246 valence electrons. The van der Waals surface area contributed by atoms with Gasteiger partial charge in [0.05, 0.1) is 7.11 Å². The number of methoxy groups -OCH3 is 1. The number of rotatable bonds is 20.